The predicted molar refractivity (Wildman–Crippen MR) is 99.0 cm³/mol. The molecule has 0 aliphatic rings. The monoisotopic (exact) mass is 355 g/mol. The molecule has 0 aromatic heterocycles. The summed E-state index contributed by atoms with van der Waals surface area (Å²) < 4.78 is 0. The average Bonchev–Trinajstić information content (AvgIpc) is 2.56. The van der Waals surface area contributed by atoms with E-state index in [-0.39, 0.29) is 36.6 Å². The lowest BCUT2D eigenvalue weighted by atomic mass is 10.0. The lowest BCUT2D eigenvalue weighted by molar-refractivity contribution is -0.138. The largest absolute Gasteiger partial charge is 0.511 e. The first-order valence-corrected chi connectivity index (χ1v) is 8.83. The summed E-state index contributed by atoms with van der Waals surface area (Å²) in [5, 5.41) is 24.4. The van der Waals surface area contributed by atoms with Gasteiger partial charge in [-0.25, -0.2) is 0 Å². The molecule has 25 heavy (non-hydrogen) atoms. The van der Waals surface area contributed by atoms with Gasteiger partial charge in [-0.2, -0.15) is 0 Å². The second-order valence-electron chi connectivity index (χ2n) is 6.22. The lowest BCUT2D eigenvalue weighted by Crippen LogP contribution is -2.43. The van der Waals surface area contributed by atoms with Crippen molar-refractivity contribution in [3.8, 4) is 0 Å². The smallest absolute Gasteiger partial charge is 0.320 e. The van der Waals surface area contributed by atoms with Gasteiger partial charge in [-0.05, 0) is 19.3 Å². The van der Waals surface area contributed by atoms with Crippen LogP contribution in [0.15, 0.2) is 24.6 Å². The minimum atomic E-state index is -1.12. The number of carbonyl (C=O) groups excluding carboxylic acids is 1. The Morgan fingerprint density at radius 1 is 1.04 bits per heavy atom. The third kappa shape index (κ3) is 9.76. The minimum Gasteiger partial charge on any atom is -0.511 e. The molecule has 0 bridgehead atoms. The van der Waals surface area contributed by atoms with Crippen LogP contribution in [-0.4, -0.2) is 40.2 Å². The number of aliphatic carboxylic acids is 1. The Labute approximate surface area is 150 Å². The van der Waals surface area contributed by atoms with Gasteiger partial charge in [0.15, 0.2) is 0 Å². The van der Waals surface area contributed by atoms with Crippen molar-refractivity contribution in [2.24, 2.45) is 5.73 Å². The first kappa shape index (κ1) is 23.0. The summed E-state index contributed by atoms with van der Waals surface area (Å²) in [6.07, 6.45) is 4.56. The van der Waals surface area contributed by atoms with Crippen molar-refractivity contribution in [3.05, 3.63) is 24.6 Å². The maximum atomic E-state index is 12.0. The van der Waals surface area contributed by atoms with Crippen molar-refractivity contribution < 1.29 is 19.8 Å². The van der Waals surface area contributed by atoms with Crippen LogP contribution in [0.5, 0.6) is 0 Å². The molecule has 0 radical (unpaired) electrons. The molecule has 0 saturated carbocycles. The van der Waals surface area contributed by atoms with Crippen molar-refractivity contribution in [2.45, 2.75) is 76.9 Å². The van der Waals surface area contributed by atoms with Crippen molar-refractivity contribution in [3.63, 3.8) is 0 Å². The van der Waals surface area contributed by atoms with Gasteiger partial charge in [0.2, 0.25) is 5.91 Å². The first-order valence-electron chi connectivity index (χ1n) is 8.83. The van der Waals surface area contributed by atoms with E-state index in [9.17, 15) is 14.7 Å². The van der Waals surface area contributed by atoms with Crippen LogP contribution in [0.25, 0.3) is 0 Å². The van der Waals surface area contributed by atoms with Crippen LogP contribution in [0.3, 0.4) is 0 Å². The zero-order chi connectivity index (χ0) is 19.4. The van der Waals surface area contributed by atoms with E-state index in [4.69, 9.17) is 10.8 Å². The fraction of sp³-hybridized carbons (Fsp3) is 0.667. The van der Waals surface area contributed by atoms with Gasteiger partial charge in [0.1, 0.15) is 11.8 Å². The summed E-state index contributed by atoms with van der Waals surface area (Å²) in [6, 6.07) is -1.67. The SMILES string of the molecule is C=C(O)C(CCCCC)NC(=C)C(CC)NC(=O)CCC(N)C(=O)O. The Balaban J connectivity index is 4.54. The number of aliphatic hydroxyl groups is 1. The van der Waals surface area contributed by atoms with E-state index in [1.54, 1.807) is 0 Å². The number of unbranched alkanes of at least 4 members (excludes halogenated alkanes) is 2. The van der Waals surface area contributed by atoms with Crippen LogP contribution >= 0.6 is 0 Å². The molecule has 0 saturated heterocycles. The lowest BCUT2D eigenvalue weighted by Gasteiger charge is -2.26. The number of rotatable bonds is 14. The van der Waals surface area contributed by atoms with Crippen molar-refractivity contribution in [1.82, 2.24) is 10.6 Å². The van der Waals surface area contributed by atoms with Gasteiger partial charge in [0.25, 0.3) is 0 Å². The van der Waals surface area contributed by atoms with Crippen molar-refractivity contribution in [1.29, 1.82) is 0 Å². The number of hydrogen-bond donors (Lipinski definition) is 5. The number of hydrogen-bond acceptors (Lipinski definition) is 5. The van der Waals surface area contributed by atoms with Crippen LogP contribution in [0.4, 0.5) is 0 Å². The standard InChI is InChI=1S/C18H33N3O4/c1-5-7-8-9-16(13(4)22)20-12(3)15(6-2)21-17(23)11-10-14(19)18(24)25/h14-16,20,22H,3-11,19H2,1-2H3,(H,21,23)(H,24,25). The minimum absolute atomic E-state index is 0.0316. The molecule has 3 unspecified atom stereocenters. The maximum absolute atomic E-state index is 12.0. The number of nitrogens with two attached hydrogens (primary N) is 1. The molecule has 0 rings (SSSR count). The van der Waals surface area contributed by atoms with Gasteiger partial charge in [-0.3, -0.25) is 9.59 Å². The van der Waals surface area contributed by atoms with Gasteiger partial charge in [-0.15, -0.1) is 0 Å². The molecule has 6 N–H and O–H groups in total. The summed E-state index contributed by atoms with van der Waals surface area (Å²) in [5.74, 6) is -1.36. The Morgan fingerprint density at radius 3 is 2.16 bits per heavy atom. The molecule has 0 aromatic carbocycles. The van der Waals surface area contributed by atoms with E-state index >= 15 is 0 Å². The summed E-state index contributed by atoms with van der Waals surface area (Å²) in [7, 11) is 0. The Bertz CT molecular complexity index is 465. The molecule has 0 aliphatic heterocycles. The Kier molecular flexibility index (Phi) is 11.4. The highest BCUT2D eigenvalue weighted by atomic mass is 16.4. The van der Waals surface area contributed by atoms with E-state index < -0.39 is 12.0 Å². The molecule has 3 atom stereocenters. The normalized spacial score (nSPS) is 14.2. The second kappa shape index (κ2) is 12.4. The van der Waals surface area contributed by atoms with Crippen molar-refractivity contribution >= 4 is 11.9 Å². The van der Waals surface area contributed by atoms with Gasteiger partial charge in [0.05, 0.1) is 12.1 Å². The van der Waals surface area contributed by atoms with Gasteiger partial charge < -0.3 is 26.6 Å². The van der Waals surface area contributed by atoms with E-state index in [1.807, 2.05) is 6.92 Å². The summed E-state index contributed by atoms with van der Waals surface area (Å²) >= 11 is 0. The average molecular weight is 355 g/mol. The fourth-order valence-electron chi connectivity index (χ4n) is 2.36. The zero-order valence-corrected chi connectivity index (χ0v) is 15.4. The van der Waals surface area contributed by atoms with Crippen LogP contribution in [0, 0.1) is 0 Å². The fourth-order valence-corrected chi connectivity index (χ4v) is 2.36. The third-order valence-corrected chi connectivity index (χ3v) is 4.02. The molecule has 1 amide bonds. The molecule has 0 aromatic rings. The molecule has 0 heterocycles. The molecule has 7 nitrogen and oxygen atoms in total. The second-order valence-corrected chi connectivity index (χ2v) is 6.22. The molecule has 0 fully saturated rings. The van der Waals surface area contributed by atoms with E-state index in [0.29, 0.717) is 12.1 Å². The topological polar surface area (TPSA) is 125 Å². The highest BCUT2D eigenvalue weighted by Crippen LogP contribution is 2.12. The Morgan fingerprint density at radius 2 is 1.68 bits per heavy atom. The number of carboxylic acids is 1. The zero-order valence-electron chi connectivity index (χ0n) is 15.4. The maximum Gasteiger partial charge on any atom is 0.320 e. The van der Waals surface area contributed by atoms with Crippen LogP contribution in [-0.2, 0) is 9.59 Å². The highest BCUT2D eigenvalue weighted by molar-refractivity contribution is 5.78. The molecule has 144 valence electrons. The summed E-state index contributed by atoms with van der Waals surface area (Å²) in [6.45, 7) is 11.6. The summed E-state index contributed by atoms with van der Waals surface area (Å²) in [4.78, 5) is 22.7. The number of nitrogens with one attached hydrogen (secondary N) is 2. The van der Waals surface area contributed by atoms with Crippen LogP contribution in [0.1, 0.15) is 58.8 Å². The van der Waals surface area contributed by atoms with Crippen LogP contribution in [0.2, 0.25) is 0 Å². The van der Waals surface area contributed by atoms with E-state index in [0.717, 1.165) is 25.7 Å². The number of carbonyl (C=O) groups is 2. The molecule has 7 heteroatoms. The highest BCUT2D eigenvalue weighted by Gasteiger charge is 2.20. The van der Waals surface area contributed by atoms with Crippen molar-refractivity contribution in [2.75, 3.05) is 0 Å². The molecular weight excluding hydrogens is 322 g/mol. The van der Waals surface area contributed by atoms with E-state index in [2.05, 4.69) is 30.7 Å². The molecular formula is C18H33N3O4. The van der Waals surface area contributed by atoms with Gasteiger partial charge >= 0.3 is 5.97 Å². The Hall–Kier alpha value is -2.02. The first-order chi connectivity index (χ1) is 11.7. The molecule has 0 aliphatic carbocycles. The van der Waals surface area contributed by atoms with Gasteiger partial charge in [-0.1, -0.05) is 46.3 Å². The third-order valence-electron chi connectivity index (χ3n) is 4.02. The number of aliphatic hydroxyl groups excluding tert-OH is 1. The molecule has 0 spiro atoms. The predicted octanol–water partition coefficient (Wildman–Crippen LogP) is 2.20. The summed E-state index contributed by atoms with van der Waals surface area (Å²) in [5.41, 5.74) is 5.99. The van der Waals surface area contributed by atoms with Crippen LogP contribution < -0.4 is 16.4 Å². The van der Waals surface area contributed by atoms with Gasteiger partial charge in [0, 0.05) is 12.1 Å². The quantitative estimate of drug-likeness (QED) is 0.240. The van der Waals surface area contributed by atoms with E-state index in [1.165, 1.54) is 0 Å². The number of amides is 1. The number of carboxylic acid groups (broad SMARTS) is 1.